The van der Waals surface area contributed by atoms with Crippen LogP contribution in [0.3, 0.4) is 0 Å². The molecule has 3 aromatic rings. The van der Waals surface area contributed by atoms with Crippen molar-refractivity contribution in [2.75, 3.05) is 5.73 Å². The third-order valence-electron chi connectivity index (χ3n) is 4.86. The molecule has 4 rings (SSSR count). The molecule has 1 saturated carbocycles. The molecular weight excluding hydrogens is 288 g/mol. The molecule has 0 amide bonds. The normalized spacial score (nSPS) is 20.9. The number of anilines is 1. The summed E-state index contributed by atoms with van der Waals surface area (Å²) in [4.78, 5) is 19.4. The van der Waals surface area contributed by atoms with E-state index in [4.69, 9.17) is 5.73 Å². The Labute approximate surface area is 134 Å². The molecule has 1 aliphatic carbocycles. The first-order valence-corrected chi connectivity index (χ1v) is 7.88. The number of fused-ring (bicyclic) bond motifs is 1. The number of hydrogen-bond donors (Lipinski definition) is 1. The highest BCUT2D eigenvalue weighted by Crippen LogP contribution is 2.42. The van der Waals surface area contributed by atoms with Crippen LogP contribution in [0, 0.1) is 0 Å². The van der Waals surface area contributed by atoms with Crippen molar-refractivity contribution >= 4 is 23.1 Å². The van der Waals surface area contributed by atoms with Crippen LogP contribution in [0.15, 0.2) is 42.9 Å². The molecule has 0 radical (unpaired) electrons. The number of nitrogens with zero attached hydrogens (tertiary/aromatic N) is 3. The number of aromatic nitrogens is 3. The van der Waals surface area contributed by atoms with Crippen molar-refractivity contribution in [1.82, 2.24) is 14.5 Å². The number of aldehydes is 1. The van der Waals surface area contributed by atoms with Gasteiger partial charge in [0.2, 0.25) is 0 Å². The van der Waals surface area contributed by atoms with Gasteiger partial charge in [-0.05, 0) is 42.9 Å². The van der Waals surface area contributed by atoms with Gasteiger partial charge in [0.25, 0.3) is 0 Å². The minimum Gasteiger partial charge on any atom is -0.383 e. The van der Waals surface area contributed by atoms with Gasteiger partial charge in [0.05, 0.1) is 5.39 Å². The van der Waals surface area contributed by atoms with E-state index in [-0.39, 0.29) is 0 Å². The number of carbonyl (C=O) groups is 1. The predicted octanol–water partition coefficient (Wildman–Crippen LogP) is 3.33. The van der Waals surface area contributed by atoms with Crippen LogP contribution in [0.5, 0.6) is 0 Å². The Hall–Kier alpha value is -2.69. The molecule has 0 saturated heterocycles. The van der Waals surface area contributed by atoms with E-state index in [1.165, 1.54) is 11.9 Å². The van der Waals surface area contributed by atoms with Crippen LogP contribution in [-0.4, -0.2) is 20.8 Å². The van der Waals surface area contributed by atoms with Crippen molar-refractivity contribution in [3.8, 4) is 0 Å². The van der Waals surface area contributed by atoms with Gasteiger partial charge in [-0.3, -0.25) is 4.79 Å². The standard InChI is InChI=1S/C18H18N4O/c19-17-16-6-7-22(18(16)21-11-20-17)15-5-4-14(9-15)13-3-1-2-12(8-13)10-23/h1-3,6-8,10-11,14-15H,4-5,9H2,(H2,19,20,21). The van der Waals surface area contributed by atoms with E-state index in [0.717, 1.165) is 42.1 Å². The summed E-state index contributed by atoms with van der Waals surface area (Å²) in [5.74, 6) is 1.01. The summed E-state index contributed by atoms with van der Waals surface area (Å²) < 4.78 is 2.22. The molecular formula is C18H18N4O. The number of hydrogen-bond acceptors (Lipinski definition) is 4. The zero-order chi connectivity index (χ0) is 15.8. The molecule has 23 heavy (non-hydrogen) atoms. The van der Waals surface area contributed by atoms with Crippen LogP contribution in [0.2, 0.25) is 0 Å². The summed E-state index contributed by atoms with van der Waals surface area (Å²) in [6.45, 7) is 0. The summed E-state index contributed by atoms with van der Waals surface area (Å²) in [5.41, 5.74) is 8.83. The summed E-state index contributed by atoms with van der Waals surface area (Å²) in [5, 5.41) is 0.916. The SMILES string of the molecule is Nc1ncnc2c1ccn2C1CCC(c2cccc(C=O)c2)C1. The molecule has 2 heterocycles. The average molecular weight is 306 g/mol. The average Bonchev–Trinajstić information content (AvgIpc) is 3.22. The van der Waals surface area contributed by atoms with Crippen LogP contribution in [0.1, 0.15) is 47.1 Å². The lowest BCUT2D eigenvalue weighted by Crippen LogP contribution is -2.05. The maximum atomic E-state index is 11.0. The van der Waals surface area contributed by atoms with Crippen molar-refractivity contribution in [1.29, 1.82) is 0 Å². The molecule has 5 nitrogen and oxygen atoms in total. The molecule has 1 fully saturated rings. The fourth-order valence-electron chi connectivity index (χ4n) is 3.68. The number of benzene rings is 1. The minimum atomic E-state index is 0.409. The van der Waals surface area contributed by atoms with Crippen LogP contribution >= 0.6 is 0 Å². The quantitative estimate of drug-likeness (QED) is 0.753. The van der Waals surface area contributed by atoms with Crippen LogP contribution in [0.4, 0.5) is 5.82 Å². The first-order valence-electron chi connectivity index (χ1n) is 7.88. The van der Waals surface area contributed by atoms with Crippen molar-refractivity contribution in [3.05, 3.63) is 54.0 Å². The van der Waals surface area contributed by atoms with Crippen molar-refractivity contribution in [2.24, 2.45) is 0 Å². The highest BCUT2D eigenvalue weighted by molar-refractivity contribution is 5.86. The van der Waals surface area contributed by atoms with E-state index >= 15 is 0 Å². The van der Waals surface area contributed by atoms with Gasteiger partial charge in [0, 0.05) is 17.8 Å². The van der Waals surface area contributed by atoms with Gasteiger partial charge in [-0.1, -0.05) is 18.2 Å². The zero-order valence-corrected chi connectivity index (χ0v) is 12.7. The fourth-order valence-corrected chi connectivity index (χ4v) is 3.68. The van der Waals surface area contributed by atoms with Crippen LogP contribution in [0.25, 0.3) is 11.0 Å². The topological polar surface area (TPSA) is 73.8 Å². The molecule has 5 heteroatoms. The first kappa shape index (κ1) is 13.9. The van der Waals surface area contributed by atoms with Gasteiger partial charge in [0.15, 0.2) is 0 Å². The van der Waals surface area contributed by atoms with Gasteiger partial charge in [-0.15, -0.1) is 0 Å². The summed E-state index contributed by atoms with van der Waals surface area (Å²) in [6, 6.07) is 10.3. The second kappa shape index (κ2) is 5.50. The highest BCUT2D eigenvalue weighted by atomic mass is 16.1. The first-order chi connectivity index (χ1) is 11.3. The van der Waals surface area contributed by atoms with Crippen molar-refractivity contribution < 1.29 is 4.79 Å². The Morgan fingerprint density at radius 3 is 3.00 bits per heavy atom. The monoisotopic (exact) mass is 306 g/mol. The molecule has 2 unspecified atom stereocenters. The van der Waals surface area contributed by atoms with Gasteiger partial charge in [0.1, 0.15) is 24.1 Å². The molecule has 1 aromatic carbocycles. The lowest BCUT2D eigenvalue weighted by Gasteiger charge is -2.15. The summed E-state index contributed by atoms with van der Waals surface area (Å²) in [6.07, 6.45) is 7.76. The molecule has 0 bridgehead atoms. The molecule has 2 aromatic heterocycles. The molecule has 0 aliphatic heterocycles. The van der Waals surface area contributed by atoms with Crippen LogP contribution < -0.4 is 5.73 Å². The summed E-state index contributed by atoms with van der Waals surface area (Å²) >= 11 is 0. The molecule has 0 spiro atoms. The van der Waals surface area contributed by atoms with Crippen molar-refractivity contribution in [3.63, 3.8) is 0 Å². The van der Waals surface area contributed by atoms with E-state index in [2.05, 4.69) is 26.8 Å². The van der Waals surface area contributed by atoms with Gasteiger partial charge in [-0.25, -0.2) is 9.97 Å². The fraction of sp³-hybridized carbons (Fsp3) is 0.278. The Kier molecular flexibility index (Phi) is 3.33. The Morgan fingerprint density at radius 1 is 1.22 bits per heavy atom. The van der Waals surface area contributed by atoms with Crippen LogP contribution in [-0.2, 0) is 0 Å². The number of carbonyl (C=O) groups excluding carboxylic acids is 1. The van der Waals surface area contributed by atoms with E-state index < -0.39 is 0 Å². The zero-order valence-electron chi connectivity index (χ0n) is 12.7. The lowest BCUT2D eigenvalue weighted by molar-refractivity contribution is 0.112. The van der Waals surface area contributed by atoms with Gasteiger partial charge < -0.3 is 10.3 Å². The Bertz CT molecular complexity index is 870. The van der Waals surface area contributed by atoms with E-state index in [1.54, 1.807) is 0 Å². The second-order valence-electron chi connectivity index (χ2n) is 6.17. The van der Waals surface area contributed by atoms with Crippen molar-refractivity contribution in [2.45, 2.75) is 31.2 Å². The molecule has 1 aliphatic rings. The predicted molar refractivity (Wildman–Crippen MR) is 89.4 cm³/mol. The lowest BCUT2D eigenvalue weighted by atomic mass is 9.96. The maximum absolute atomic E-state index is 11.0. The Balaban J connectivity index is 1.62. The second-order valence-corrected chi connectivity index (χ2v) is 6.17. The number of nitrogen functional groups attached to an aromatic ring is 1. The molecule has 116 valence electrons. The van der Waals surface area contributed by atoms with Gasteiger partial charge >= 0.3 is 0 Å². The van der Waals surface area contributed by atoms with E-state index in [0.29, 0.717) is 17.8 Å². The highest BCUT2D eigenvalue weighted by Gasteiger charge is 2.28. The van der Waals surface area contributed by atoms with E-state index in [9.17, 15) is 4.79 Å². The smallest absolute Gasteiger partial charge is 0.150 e. The van der Waals surface area contributed by atoms with Gasteiger partial charge in [-0.2, -0.15) is 0 Å². The molecule has 2 N–H and O–H groups in total. The third kappa shape index (κ3) is 2.38. The third-order valence-corrected chi connectivity index (χ3v) is 4.86. The largest absolute Gasteiger partial charge is 0.383 e. The van der Waals surface area contributed by atoms with E-state index in [1.807, 2.05) is 24.3 Å². The summed E-state index contributed by atoms with van der Waals surface area (Å²) in [7, 11) is 0. The Morgan fingerprint density at radius 2 is 2.13 bits per heavy atom. The maximum Gasteiger partial charge on any atom is 0.150 e. The molecule has 2 atom stereocenters. The number of nitrogens with two attached hydrogens (primary N) is 1. The number of rotatable bonds is 3. The minimum absolute atomic E-state index is 0.409.